The molecule has 3 aromatic rings. The number of amidine groups is 1. The molecule has 5 N–H and O–H groups in total. The number of nitrogens with zero attached hydrogens (tertiary/aromatic N) is 1. The molecule has 1 saturated heterocycles. The fraction of sp³-hybridized carbons (Fsp3) is 0.174. The number of carbonyl (C=O) groups is 2. The van der Waals surface area contributed by atoms with Crippen molar-refractivity contribution in [2.24, 2.45) is 4.99 Å². The minimum Gasteiger partial charge on any atom is -0.494 e. The van der Waals surface area contributed by atoms with Crippen molar-refractivity contribution in [2.45, 2.75) is 24.6 Å². The first-order valence-electron chi connectivity index (χ1n) is 10.4. The molecule has 2 amide bonds. The first kappa shape index (κ1) is 24.3. The van der Waals surface area contributed by atoms with E-state index < -0.39 is 34.3 Å². The molecule has 180 valence electrons. The number of thioether (sulfide) groups is 1. The number of aromatic nitrogens is 2. The summed E-state index contributed by atoms with van der Waals surface area (Å²) in [7, 11) is 0. The number of aromatic amines is 2. The summed E-state index contributed by atoms with van der Waals surface area (Å²) < 4.78 is 0. The van der Waals surface area contributed by atoms with Crippen LogP contribution in [0.15, 0.2) is 63.1 Å². The smallest absolute Gasteiger partial charge is 0.328 e. The molecule has 2 aromatic carbocycles. The van der Waals surface area contributed by atoms with Crippen molar-refractivity contribution >= 4 is 46.0 Å². The molecule has 1 aliphatic rings. The zero-order valence-electron chi connectivity index (χ0n) is 18.3. The number of anilines is 1. The zero-order valence-corrected chi connectivity index (χ0v) is 19.9. The standard InChI is InChI=1S/C23H20ClN5O5S/c1-11-5-7-12(8-6-11)18(17-20(32)27-22(34)28-21(17)33)26-23-29-19(31)15(35-23)10-16(30)25-14-4-2-3-13(24)9-14/h2-9,15,18H,10H2,1H3,(H,25,30)(H,26,29,31)(H3,27,28,32,33,34). The summed E-state index contributed by atoms with van der Waals surface area (Å²) in [4.78, 5) is 57.8. The normalized spacial score (nSPS) is 17.3. The summed E-state index contributed by atoms with van der Waals surface area (Å²) >= 11 is 6.97. The van der Waals surface area contributed by atoms with E-state index in [0.29, 0.717) is 16.3 Å². The third-order valence-electron chi connectivity index (χ3n) is 5.13. The van der Waals surface area contributed by atoms with E-state index in [0.717, 1.165) is 17.3 Å². The number of hydrogen-bond donors (Lipinski definition) is 5. The van der Waals surface area contributed by atoms with Crippen LogP contribution in [0.25, 0.3) is 0 Å². The van der Waals surface area contributed by atoms with Crippen LogP contribution in [0.3, 0.4) is 0 Å². The van der Waals surface area contributed by atoms with Crippen LogP contribution in [-0.2, 0) is 9.59 Å². The van der Waals surface area contributed by atoms with E-state index in [1.807, 2.05) is 19.1 Å². The van der Waals surface area contributed by atoms with E-state index >= 15 is 0 Å². The van der Waals surface area contributed by atoms with Crippen LogP contribution < -0.4 is 21.9 Å². The van der Waals surface area contributed by atoms with Gasteiger partial charge in [0.05, 0.1) is 0 Å². The Bertz CT molecular complexity index is 1430. The number of aromatic hydroxyl groups is 1. The second-order valence-electron chi connectivity index (χ2n) is 7.78. The van der Waals surface area contributed by atoms with Crippen LogP contribution in [0.5, 0.6) is 5.88 Å². The lowest BCUT2D eigenvalue weighted by atomic mass is 10.00. The number of hydrogen-bond acceptors (Lipinski definition) is 7. The number of rotatable bonds is 6. The highest BCUT2D eigenvalue weighted by Crippen LogP contribution is 2.32. The van der Waals surface area contributed by atoms with E-state index in [1.165, 1.54) is 0 Å². The molecule has 0 radical (unpaired) electrons. The minimum absolute atomic E-state index is 0.123. The SMILES string of the molecule is Cc1ccc(C(N=C2NC(=O)C(CC(=O)Nc3cccc(Cl)c3)S2)c2c(O)[nH]c(=O)[nH]c2=O)cc1. The Morgan fingerprint density at radius 1 is 1.17 bits per heavy atom. The lowest BCUT2D eigenvalue weighted by Crippen LogP contribution is -2.29. The van der Waals surface area contributed by atoms with Crippen molar-refractivity contribution in [1.82, 2.24) is 15.3 Å². The second-order valence-corrected chi connectivity index (χ2v) is 9.40. The van der Waals surface area contributed by atoms with Crippen LogP contribution >= 0.6 is 23.4 Å². The average Bonchev–Trinajstić information content (AvgIpc) is 3.11. The Morgan fingerprint density at radius 2 is 1.91 bits per heavy atom. The van der Waals surface area contributed by atoms with Gasteiger partial charge in [0.2, 0.25) is 17.7 Å². The third kappa shape index (κ3) is 5.81. The summed E-state index contributed by atoms with van der Waals surface area (Å²) in [6.07, 6.45) is -0.123. The Labute approximate surface area is 207 Å². The molecule has 0 saturated carbocycles. The molecule has 35 heavy (non-hydrogen) atoms. The predicted octanol–water partition coefficient (Wildman–Crippen LogP) is 2.44. The Morgan fingerprint density at radius 3 is 2.60 bits per heavy atom. The lowest BCUT2D eigenvalue weighted by molar-refractivity contribution is -0.122. The van der Waals surface area contributed by atoms with E-state index in [2.05, 4.69) is 25.6 Å². The van der Waals surface area contributed by atoms with E-state index in [1.54, 1.807) is 36.4 Å². The van der Waals surface area contributed by atoms with Gasteiger partial charge in [0.15, 0.2) is 5.17 Å². The topological polar surface area (TPSA) is 157 Å². The molecular weight excluding hydrogens is 494 g/mol. The van der Waals surface area contributed by atoms with Crippen molar-refractivity contribution < 1.29 is 14.7 Å². The van der Waals surface area contributed by atoms with Gasteiger partial charge in [0.25, 0.3) is 5.56 Å². The van der Waals surface area contributed by atoms with Crippen molar-refractivity contribution in [3.8, 4) is 5.88 Å². The summed E-state index contributed by atoms with van der Waals surface area (Å²) in [5, 5.41) is 15.5. The molecular formula is C23H20ClN5O5S. The van der Waals surface area contributed by atoms with Crippen molar-refractivity contribution in [2.75, 3.05) is 5.32 Å². The fourth-order valence-corrected chi connectivity index (χ4v) is 4.64. The molecule has 4 rings (SSSR count). The largest absolute Gasteiger partial charge is 0.494 e. The van der Waals surface area contributed by atoms with Crippen LogP contribution in [-0.4, -0.2) is 37.3 Å². The summed E-state index contributed by atoms with van der Waals surface area (Å²) in [5.41, 5.74) is 0.167. The summed E-state index contributed by atoms with van der Waals surface area (Å²) in [5.74, 6) is -1.43. The highest BCUT2D eigenvalue weighted by molar-refractivity contribution is 8.15. The summed E-state index contributed by atoms with van der Waals surface area (Å²) in [6.45, 7) is 1.89. The number of halogens is 1. The number of carbonyl (C=O) groups excluding carboxylic acids is 2. The van der Waals surface area contributed by atoms with Gasteiger partial charge < -0.3 is 15.7 Å². The van der Waals surface area contributed by atoms with Gasteiger partial charge in [-0.2, -0.15) is 0 Å². The fourth-order valence-electron chi connectivity index (χ4n) is 3.46. The molecule has 0 spiro atoms. The van der Waals surface area contributed by atoms with Crippen molar-refractivity contribution in [3.05, 3.63) is 91.1 Å². The Kier molecular flexibility index (Phi) is 7.08. The van der Waals surface area contributed by atoms with Crippen LogP contribution in [0.1, 0.15) is 29.2 Å². The van der Waals surface area contributed by atoms with Gasteiger partial charge in [-0.05, 0) is 30.7 Å². The highest BCUT2D eigenvalue weighted by Gasteiger charge is 2.33. The molecule has 1 fully saturated rings. The molecule has 0 aliphatic carbocycles. The van der Waals surface area contributed by atoms with Gasteiger partial charge in [0.1, 0.15) is 16.9 Å². The minimum atomic E-state index is -1.03. The molecule has 2 heterocycles. The van der Waals surface area contributed by atoms with Gasteiger partial charge >= 0.3 is 5.69 Å². The maximum absolute atomic E-state index is 12.5. The molecule has 12 heteroatoms. The molecule has 2 atom stereocenters. The van der Waals surface area contributed by atoms with Gasteiger partial charge in [0, 0.05) is 17.1 Å². The Hall–Kier alpha value is -3.83. The van der Waals surface area contributed by atoms with Gasteiger partial charge in [-0.3, -0.25) is 24.4 Å². The van der Waals surface area contributed by atoms with Crippen molar-refractivity contribution in [1.29, 1.82) is 0 Å². The monoisotopic (exact) mass is 513 g/mol. The molecule has 0 bridgehead atoms. The van der Waals surface area contributed by atoms with Crippen LogP contribution in [0.2, 0.25) is 5.02 Å². The third-order valence-corrected chi connectivity index (χ3v) is 6.46. The maximum Gasteiger partial charge on any atom is 0.328 e. The van der Waals surface area contributed by atoms with Crippen LogP contribution in [0.4, 0.5) is 5.69 Å². The van der Waals surface area contributed by atoms with Gasteiger partial charge in [-0.25, -0.2) is 9.79 Å². The van der Waals surface area contributed by atoms with Crippen molar-refractivity contribution in [3.63, 3.8) is 0 Å². The predicted molar refractivity (Wildman–Crippen MR) is 134 cm³/mol. The van der Waals surface area contributed by atoms with E-state index in [9.17, 15) is 24.3 Å². The number of H-pyrrole nitrogens is 2. The molecule has 2 unspecified atom stereocenters. The lowest BCUT2D eigenvalue weighted by Gasteiger charge is -2.14. The Balaban J connectivity index is 1.59. The number of benzene rings is 2. The first-order valence-corrected chi connectivity index (χ1v) is 11.7. The van der Waals surface area contributed by atoms with Gasteiger partial charge in [-0.1, -0.05) is 59.3 Å². The number of nitrogens with one attached hydrogen (secondary N) is 4. The maximum atomic E-state index is 12.5. The van der Waals surface area contributed by atoms with E-state index in [-0.39, 0.29) is 23.1 Å². The number of aliphatic imine (C=N–C) groups is 1. The molecule has 10 nitrogen and oxygen atoms in total. The molecule has 1 aliphatic heterocycles. The number of amides is 2. The van der Waals surface area contributed by atoms with E-state index in [4.69, 9.17) is 11.6 Å². The van der Waals surface area contributed by atoms with Crippen LogP contribution in [0, 0.1) is 6.92 Å². The quantitative estimate of drug-likeness (QED) is 0.341. The zero-order chi connectivity index (χ0) is 25.1. The average molecular weight is 514 g/mol. The summed E-state index contributed by atoms with van der Waals surface area (Å²) in [6, 6.07) is 12.7. The first-order chi connectivity index (χ1) is 16.7. The second kappa shape index (κ2) is 10.2. The molecule has 1 aromatic heterocycles. The van der Waals surface area contributed by atoms with Gasteiger partial charge in [-0.15, -0.1) is 0 Å². The highest BCUT2D eigenvalue weighted by atomic mass is 35.5. The number of aryl methyl sites for hydroxylation is 1.